The molecule has 0 saturated heterocycles. The van der Waals surface area contributed by atoms with Gasteiger partial charge in [0.2, 0.25) is 0 Å². The summed E-state index contributed by atoms with van der Waals surface area (Å²) >= 11 is 1.33. The van der Waals surface area contributed by atoms with Crippen LogP contribution in [0.25, 0.3) is 11.3 Å². The second-order valence-electron chi connectivity index (χ2n) is 6.18. The quantitative estimate of drug-likeness (QED) is 0.818. The molecule has 0 aliphatic heterocycles. The van der Waals surface area contributed by atoms with Gasteiger partial charge < -0.3 is 9.88 Å². The Bertz CT molecular complexity index is 640. The van der Waals surface area contributed by atoms with Gasteiger partial charge in [-0.15, -0.1) is 0 Å². The molecular weight excluding hydrogens is 292 g/mol. The first-order chi connectivity index (χ1) is 10.5. The smallest absolute Gasteiger partial charge is 0.305 e. The minimum Gasteiger partial charge on any atom is -0.312 e. The lowest BCUT2D eigenvalue weighted by atomic mass is 10.0. The number of hydrogen-bond acceptors (Lipinski definition) is 3. The van der Waals surface area contributed by atoms with Gasteiger partial charge in [-0.1, -0.05) is 62.8 Å². The van der Waals surface area contributed by atoms with E-state index >= 15 is 0 Å². The molecule has 0 saturated carbocycles. The Morgan fingerprint density at radius 1 is 1.23 bits per heavy atom. The van der Waals surface area contributed by atoms with Crippen molar-refractivity contribution in [3.05, 3.63) is 44.4 Å². The highest BCUT2D eigenvalue weighted by Crippen LogP contribution is 2.26. The lowest BCUT2D eigenvalue weighted by Crippen LogP contribution is -2.18. The molecule has 0 aliphatic carbocycles. The number of H-pyrrole nitrogens is 1. The van der Waals surface area contributed by atoms with Crippen LogP contribution in [0.15, 0.2) is 29.1 Å². The topological polar surface area (TPSA) is 36.1 Å². The highest BCUT2D eigenvalue weighted by molar-refractivity contribution is 7.09. The summed E-state index contributed by atoms with van der Waals surface area (Å²) in [6.07, 6.45) is 2.38. The van der Waals surface area contributed by atoms with Crippen molar-refractivity contribution in [1.82, 2.24) is 9.88 Å². The van der Waals surface area contributed by atoms with Crippen LogP contribution in [0.5, 0.6) is 0 Å². The first kappa shape index (κ1) is 17.0. The summed E-state index contributed by atoms with van der Waals surface area (Å²) in [5.41, 5.74) is 3.40. The number of rotatable bonds is 7. The van der Waals surface area contributed by atoms with E-state index in [2.05, 4.69) is 62.0 Å². The number of benzene rings is 1. The van der Waals surface area contributed by atoms with Crippen LogP contribution in [-0.4, -0.2) is 23.5 Å². The predicted octanol–water partition coefficient (Wildman–Crippen LogP) is 4.46. The van der Waals surface area contributed by atoms with E-state index in [1.807, 2.05) is 0 Å². The average molecular weight is 318 g/mol. The second-order valence-corrected chi connectivity index (χ2v) is 7.25. The van der Waals surface area contributed by atoms with Crippen LogP contribution < -0.4 is 4.87 Å². The SMILES string of the molecule is CCCCN(C)Cc1sc(=O)[nH]c1-c1ccc(C(C)C)cc1. The van der Waals surface area contributed by atoms with E-state index in [1.165, 1.54) is 29.7 Å². The maximum Gasteiger partial charge on any atom is 0.305 e. The molecule has 0 amide bonds. The summed E-state index contributed by atoms with van der Waals surface area (Å²) < 4.78 is 0. The third kappa shape index (κ3) is 4.31. The van der Waals surface area contributed by atoms with Crippen molar-refractivity contribution in [3.63, 3.8) is 0 Å². The maximum atomic E-state index is 11.8. The Kier molecular flexibility index (Phi) is 5.98. The Labute approximate surface area is 137 Å². The standard InChI is InChI=1S/C18H26N2OS/c1-5-6-11-20(4)12-16-17(19-18(21)22-16)15-9-7-14(8-10-15)13(2)3/h7-10,13H,5-6,11-12H2,1-4H3,(H,19,21). The molecule has 0 fully saturated rings. The van der Waals surface area contributed by atoms with Gasteiger partial charge in [0, 0.05) is 11.4 Å². The number of thiazole rings is 1. The molecule has 0 unspecified atom stereocenters. The minimum absolute atomic E-state index is 0.0295. The van der Waals surface area contributed by atoms with Crippen LogP contribution in [0.3, 0.4) is 0 Å². The van der Waals surface area contributed by atoms with Gasteiger partial charge >= 0.3 is 4.87 Å². The van der Waals surface area contributed by atoms with Gasteiger partial charge in [0.25, 0.3) is 0 Å². The fraction of sp³-hybridized carbons (Fsp3) is 0.500. The molecular formula is C18H26N2OS. The van der Waals surface area contributed by atoms with Gasteiger partial charge in [-0.25, -0.2) is 0 Å². The number of unbranched alkanes of at least 4 members (excludes halogenated alkanes) is 1. The van der Waals surface area contributed by atoms with Gasteiger partial charge in [0.15, 0.2) is 0 Å². The van der Waals surface area contributed by atoms with E-state index in [1.54, 1.807) is 0 Å². The van der Waals surface area contributed by atoms with Gasteiger partial charge in [-0.2, -0.15) is 0 Å². The molecule has 120 valence electrons. The Morgan fingerprint density at radius 3 is 2.50 bits per heavy atom. The highest BCUT2D eigenvalue weighted by Gasteiger charge is 2.12. The van der Waals surface area contributed by atoms with Crippen LogP contribution in [-0.2, 0) is 6.54 Å². The van der Waals surface area contributed by atoms with Crippen LogP contribution in [0, 0.1) is 0 Å². The van der Waals surface area contributed by atoms with Crippen LogP contribution in [0.2, 0.25) is 0 Å². The van der Waals surface area contributed by atoms with Crippen molar-refractivity contribution in [2.45, 2.75) is 46.1 Å². The normalized spacial score (nSPS) is 11.5. The number of hydrogen-bond donors (Lipinski definition) is 1. The molecule has 2 aromatic rings. The predicted molar refractivity (Wildman–Crippen MR) is 95.7 cm³/mol. The molecule has 0 aliphatic rings. The van der Waals surface area contributed by atoms with E-state index in [-0.39, 0.29) is 4.87 Å². The number of aromatic amines is 1. The molecule has 1 aromatic heterocycles. The maximum absolute atomic E-state index is 11.8. The van der Waals surface area contributed by atoms with E-state index in [0.29, 0.717) is 5.92 Å². The van der Waals surface area contributed by atoms with Crippen molar-refractivity contribution < 1.29 is 0 Å². The van der Waals surface area contributed by atoms with Crippen LogP contribution >= 0.6 is 11.3 Å². The highest BCUT2D eigenvalue weighted by atomic mass is 32.1. The molecule has 0 spiro atoms. The van der Waals surface area contributed by atoms with E-state index in [4.69, 9.17) is 0 Å². The zero-order valence-electron chi connectivity index (χ0n) is 14.0. The zero-order valence-corrected chi connectivity index (χ0v) is 14.8. The molecule has 1 aromatic carbocycles. The Balaban J connectivity index is 2.22. The van der Waals surface area contributed by atoms with Crippen LogP contribution in [0.1, 0.15) is 50.0 Å². The second kappa shape index (κ2) is 7.75. The summed E-state index contributed by atoms with van der Waals surface area (Å²) in [6, 6.07) is 8.53. The van der Waals surface area contributed by atoms with Crippen molar-refractivity contribution in [3.8, 4) is 11.3 Å². The Morgan fingerprint density at radius 2 is 1.91 bits per heavy atom. The molecule has 1 N–H and O–H groups in total. The lowest BCUT2D eigenvalue weighted by Gasteiger charge is -2.16. The van der Waals surface area contributed by atoms with Gasteiger partial charge in [0.1, 0.15) is 0 Å². The molecule has 0 atom stereocenters. The summed E-state index contributed by atoms with van der Waals surface area (Å²) in [6.45, 7) is 8.47. The molecule has 0 bridgehead atoms. The van der Waals surface area contributed by atoms with Crippen molar-refractivity contribution in [2.75, 3.05) is 13.6 Å². The van der Waals surface area contributed by atoms with Crippen molar-refractivity contribution in [2.24, 2.45) is 0 Å². The largest absolute Gasteiger partial charge is 0.312 e. The zero-order chi connectivity index (χ0) is 16.1. The summed E-state index contributed by atoms with van der Waals surface area (Å²) in [5, 5.41) is 0. The number of nitrogens with one attached hydrogen (secondary N) is 1. The third-order valence-corrected chi connectivity index (χ3v) is 4.76. The minimum atomic E-state index is 0.0295. The van der Waals surface area contributed by atoms with Crippen molar-refractivity contribution in [1.29, 1.82) is 0 Å². The summed E-state index contributed by atoms with van der Waals surface area (Å²) in [4.78, 5) is 18.2. The molecule has 2 rings (SSSR count). The molecule has 4 heteroatoms. The van der Waals surface area contributed by atoms with E-state index in [0.717, 1.165) is 29.2 Å². The first-order valence-corrected chi connectivity index (χ1v) is 8.83. The van der Waals surface area contributed by atoms with Gasteiger partial charge in [-0.05, 0) is 37.1 Å². The molecule has 0 radical (unpaired) electrons. The lowest BCUT2D eigenvalue weighted by molar-refractivity contribution is 0.324. The average Bonchev–Trinajstić information content (AvgIpc) is 2.85. The van der Waals surface area contributed by atoms with E-state index in [9.17, 15) is 4.79 Å². The molecule has 3 nitrogen and oxygen atoms in total. The van der Waals surface area contributed by atoms with E-state index < -0.39 is 0 Å². The Hall–Kier alpha value is -1.39. The van der Waals surface area contributed by atoms with Gasteiger partial charge in [-0.3, -0.25) is 4.79 Å². The summed E-state index contributed by atoms with van der Waals surface area (Å²) in [5.74, 6) is 0.523. The monoisotopic (exact) mass is 318 g/mol. The number of aromatic nitrogens is 1. The summed E-state index contributed by atoms with van der Waals surface area (Å²) in [7, 11) is 2.12. The molecule has 22 heavy (non-hydrogen) atoms. The van der Waals surface area contributed by atoms with Gasteiger partial charge in [0.05, 0.1) is 5.69 Å². The number of nitrogens with zero attached hydrogens (tertiary/aromatic N) is 1. The third-order valence-electron chi connectivity index (χ3n) is 3.89. The van der Waals surface area contributed by atoms with Crippen LogP contribution in [0.4, 0.5) is 0 Å². The van der Waals surface area contributed by atoms with Crippen molar-refractivity contribution >= 4 is 11.3 Å². The molecule has 1 heterocycles. The fourth-order valence-electron chi connectivity index (χ4n) is 2.49. The fourth-order valence-corrected chi connectivity index (χ4v) is 3.42. The first-order valence-electron chi connectivity index (χ1n) is 8.02.